The molecular weight excluding hydrogens is 376 g/mol. The van der Waals surface area contributed by atoms with Gasteiger partial charge in [0.05, 0.1) is 23.8 Å². The maximum Gasteiger partial charge on any atom is 0.243 e. The largest absolute Gasteiger partial charge is 0.379 e. The Morgan fingerprint density at radius 2 is 1.64 bits per heavy atom. The Kier molecular flexibility index (Phi) is 5.34. The number of benzene rings is 2. The highest BCUT2D eigenvalue weighted by atomic mass is 32.2. The van der Waals surface area contributed by atoms with Gasteiger partial charge in [-0.05, 0) is 30.3 Å². The van der Waals surface area contributed by atoms with E-state index in [1.165, 1.54) is 4.31 Å². The molecule has 1 N–H and O–H groups in total. The third kappa shape index (κ3) is 4.04. The molecule has 1 aliphatic heterocycles. The first-order valence-corrected chi connectivity index (χ1v) is 10.4. The van der Waals surface area contributed by atoms with E-state index in [2.05, 4.69) is 15.3 Å². The Hall–Kier alpha value is -2.81. The van der Waals surface area contributed by atoms with Gasteiger partial charge in [0, 0.05) is 30.5 Å². The maximum absolute atomic E-state index is 12.7. The fraction of sp³-hybridized carbons (Fsp3) is 0.200. The summed E-state index contributed by atoms with van der Waals surface area (Å²) in [7, 11) is -3.50. The Morgan fingerprint density at radius 1 is 0.929 bits per heavy atom. The van der Waals surface area contributed by atoms with Gasteiger partial charge in [-0.25, -0.2) is 18.4 Å². The summed E-state index contributed by atoms with van der Waals surface area (Å²) in [6.45, 7) is 1.60. The highest BCUT2D eigenvalue weighted by Crippen LogP contribution is 2.22. The van der Waals surface area contributed by atoms with Crippen molar-refractivity contribution in [1.29, 1.82) is 0 Å². The van der Waals surface area contributed by atoms with Crippen molar-refractivity contribution in [3.63, 3.8) is 0 Å². The summed E-state index contributed by atoms with van der Waals surface area (Å²) in [6, 6.07) is 18.3. The van der Waals surface area contributed by atoms with Crippen molar-refractivity contribution in [3.8, 4) is 11.3 Å². The van der Waals surface area contributed by atoms with Gasteiger partial charge in [-0.3, -0.25) is 0 Å². The van der Waals surface area contributed by atoms with E-state index >= 15 is 0 Å². The molecule has 0 atom stereocenters. The van der Waals surface area contributed by atoms with Gasteiger partial charge in [0.25, 0.3) is 0 Å². The molecular formula is C20H20N4O3S. The number of nitrogens with zero attached hydrogens (tertiary/aromatic N) is 3. The van der Waals surface area contributed by atoms with Crippen molar-refractivity contribution < 1.29 is 13.2 Å². The second-order valence-electron chi connectivity index (χ2n) is 6.30. The van der Waals surface area contributed by atoms with Crippen LogP contribution in [-0.4, -0.2) is 49.0 Å². The molecule has 8 heteroatoms. The molecule has 0 spiro atoms. The second kappa shape index (κ2) is 8.05. The number of anilines is 2. The zero-order valence-electron chi connectivity index (χ0n) is 15.2. The van der Waals surface area contributed by atoms with Crippen LogP contribution in [0.4, 0.5) is 11.6 Å². The minimum atomic E-state index is -3.50. The fourth-order valence-corrected chi connectivity index (χ4v) is 4.37. The van der Waals surface area contributed by atoms with Crippen LogP contribution in [0.3, 0.4) is 0 Å². The Balaban J connectivity index is 1.51. The molecule has 144 valence electrons. The van der Waals surface area contributed by atoms with Crippen molar-refractivity contribution >= 4 is 21.7 Å². The van der Waals surface area contributed by atoms with Crippen LogP contribution in [0.2, 0.25) is 0 Å². The first kappa shape index (κ1) is 18.5. The van der Waals surface area contributed by atoms with Gasteiger partial charge in [-0.2, -0.15) is 4.31 Å². The minimum absolute atomic E-state index is 0.263. The van der Waals surface area contributed by atoms with E-state index in [9.17, 15) is 8.42 Å². The van der Waals surface area contributed by atoms with E-state index in [1.807, 2.05) is 36.4 Å². The van der Waals surface area contributed by atoms with Crippen LogP contribution in [0.25, 0.3) is 11.3 Å². The molecule has 28 heavy (non-hydrogen) atoms. The van der Waals surface area contributed by atoms with E-state index in [0.717, 1.165) is 11.3 Å². The third-order valence-electron chi connectivity index (χ3n) is 4.44. The van der Waals surface area contributed by atoms with Gasteiger partial charge in [-0.1, -0.05) is 30.3 Å². The van der Waals surface area contributed by atoms with Crippen molar-refractivity contribution in [1.82, 2.24) is 14.3 Å². The first-order valence-electron chi connectivity index (χ1n) is 8.96. The summed E-state index contributed by atoms with van der Waals surface area (Å²) in [5, 5.41) is 3.12. The van der Waals surface area contributed by atoms with E-state index in [-0.39, 0.29) is 4.90 Å². The normalized spacial score (nSPS) is 15.3. The smallest absolute Gasteiger partial charge is 0.243 e. The van der Waals surface area contributed by atoms with Gasteiger partial charge < -0.3 is 10.1 Å². The lowest BCUT2D eigenvalue weighted by atomic mass is 10.1. The predicted molar refractivity (Wildman–Crippen MR) is 107 cm³/mol. The zero-order valence-corrected chi connectivity index (χ0v) is 16.0. The highest BCUT2D eigenvalue weighted by molar-refractivity contribution is 7.89. The van der Waals surface area contributed by atoms with E-state index in [4.69, 9.17) is 4.74 Å². The van der Waals surface area contributed by atoms with Crippen LogP contribution in [0.5, 0.6) is 0 Å². The molecule has 3 aromatic rings. The SMILES string of the molecule is O=S(=O)(c1ccc(Nc2nccc(-c3ccccc3)n2)cc1)N1CCOCC1. The molecule has 1 fully saturated rings. The van der Waals surface area contributed by atoms with Crippen LogP contribution >= 0.6 is 0 Å². The molecule has 0 unspecified atom stereocenters. The number of aromatic nitrogens is 2. The standard InChI is InChI=1S/C20H20N4O3S/c25-28(26,24-12-14-27-15-13-24)18-8-6-17(7-9-18)22-20-21-11-10-19(23-20)16-4-2-1-3-5-16/h1-11H,12-15H2,(H,21,22,23). The van der Waals surface area contributed by atoms with Crippen molar-refractivity contribution in [2.24, 2.45) is 0 Å². The molecule has 4 rings (SSSR count). The van der Waals surface area contributed by atoms with E-state index in [0.29, 0.717) is 37.9 Å². The van der Waals surface area contributed by atoms with Crippen molar-refractivity contribution in [2.75, 3.05) is 31.6 Å². The molecule has 1 aromatic heterocycles. The first-order chi connectivity index (χ1) is 13.6. The highest BCUT2D eigenvalue weighted by Gasteiger charge is 2.26. The maximum atomic E-state index is 12.7. The lowest BCUT2D eigenvalue weighted by Gasteiger charge is -2.26. The predicted octanol–water partition coefficient (Wildman–Crippen LogP) is 2.91. The van der Waals surface area contributed by atoms with Crippen molar-refractivity contribution in [3.05, 3.63) is 66.9 Å². The summed E-state index contributed by atoms with van der Waals surface area (Å²) in [5.41, 5.74) is 2.52. The second-order valence-corrected chi connectivity index (χ2v) is 8.24. The molecule has 1 saturated heterocycles. The molecule has 0 aliphatic carbocycles. The number of rotatable bonds is 5. The summed E-state index contributed by atoms with van der Waals surface area (Å²) in [4.78, 5) is 9.03. The quantitative estimate of drug-likeness (QED) is 0.714. The monoisotopic (exact) mass is 396 g/mol. The van der Waals surface area contributed by atoms with E-state index in [1.54, 1.807) is 30.5 Å². The average Bonchev–Trinajstić information content (AvgIpc) is 2.76. The topological polar surface area (TPSA) is 84.4 Å². The number of hydrogen-bond acceptors (Lipinski definition) is 6. The van der Waals surface area contributed by atoms with Crippen LogP contribution in [0.15, 0.2) is 71.8 Å². The van der Waals surface area contributed by atoms with Crippen molar-refractivity contribution in [2.45, 2.75) is 4.90 Å². The Morgan fingerprint density at radius 3 is 2.36 bits per heavy atom. The number of hydrogen-bond donors (Lipinski definition) is 1. The number of morpholine rings is 1. The third-order valence-corrected chi connectivity index (χ3v) is 6.36. The Labute approximate surface area is 164 Å². The number of ether oxygens (including phenoxy) is 1. The van der Waals surface area contributed by atoms with Crippen LogP contribution < -0.4 is 5.32 Å². The fourth-order valence-electron chi connectivity index (χ4n) is 2.96. The van der Waals surface area contributed by atoms with Gasteiger partial charge in [0.1, 0.15) is 0 Å². The number of nitrogens with one attached hydrogen (secondary N) is 1. The van der Waals surface area contributed by atoms with Gasteiger partial charge in [0.2, 0.25) is 16.0 Å². The summed E-state index contributed by atoms with van der Waals surface area (Å²) in [6.07, 6.45) is 1.69. The summed E-state index contributed by atoms with van der Waals surface area (Å²) >= 11 is 0. The van der Waals surface area contributed by atoms with Gasteiger partial charge >= 0.3 is 0 Å². The molecule has 0 saturated carbocycles. The lowest BCUT2D eigenvalue weighted by molar-refractivity contribution is 0.0730. The molecule has 0 radical (unpaired) electrons. The molecule has 0 amide bonds. The van der Waals surface area contributed by atoms with Crippen LogP contribution in [-0.2, 0) is 14.8 Å². The molecule has 7 nitrogen and oxygen atoms in total. The van der Waals surface area contributed by atoms with Gasteiger partial charge in [-0.15, -0.1) is 0 Å². The molecule has 0 bridgehead atoms. The number of sulfonamides is 1. The summed E-state index contributed by atoms with van der Waals surface area (Å²) < 4.78 is 32.0. The minimum Gasteiger partial charge on any atom is -0.379 e. The van der Waals surface area contributed by atoms with Crippen LogP contribution in [0.1, 0.15) is 0 Å². The zero-order chi connectivity index (χ0) is 19.4. The Bertz CT molecular complexity index is 1030. The molecule has 1 aliphatic rings. The lowest BCUT2D eigenvalue weighted by Crippen LogP contribution is -2.40. The summed E-state index contributed by atoms with van der Waals surface area (Å²) in [5.74, 6) is 0.449. The van der Waals surface area contributed by atoms with E-state index < -0.39 is 10.0 Å². The molecule has 2 aromatic carbocycles. The molecule has 2 heterocycles. The average molecular weight is 396 g/mol. The van der Waals surface area contributed by atoms with Crippen LogP contribution in [0, 0.1) is 0 Å². The van der Waals surface area contributed by atoms with Gasteiger partial charge in [0.15, 0.2) is 0 Å².